The van der Waals surface area contributed by atoms with Gasteiger partial charge in [0.2, 0.25) is 21.8 Å². The van der Waals surface area contributed by atoms with Gasteiger partial charge in [-0.2, -0.15) is 4.31 Å². The van der Waals surface area contributed by atoms with Gasteiger partial charge in [0.15, 0.2) is 5.75 Å². The molecule has 9 heteroatoms. The lowest BCUT2D eigenvalue weighted by atomic mass is 10.0. The van der Waals surface area contributed by atoms with E-state index in [0.29, 0.717) is 35.9 Å². The van der Waals surface area contributed by atoms with E-state index in [0.717, 1.165) is 18.5 Å². The van der Waals surface area contributed by atoms with Gasteiger partial charge in [0, 0.05) is 31.1 Å². The van der Waals surface area contributed by atoms with E-state index in [1.165, 1.54) is 6.33 Å². The minimum atomic E-state index is -3.24. The first-order chi connectivity index (χ1) is 14.7. The summed E-state index contributed by atoms with van der Waals surface area (Å²) in [7, 11) is -3.24. The fraction of sp³-hybridized carbons (Fsp3) is 0.591. The summed E-state index contributed by atoms with van der Waals surface area (Å²) >= 11 is 0. The number of rotatable bonds is 7. The van der Waals surface area contributed by atoms with Gasteiger partial charge in [-0.1, -0.05) is 13.8 Å². The van der Waals surface area contributed by atoms with E-state index in [-0.39, 0.29) is 29.9 Å². The Morgan fingerprint density at radius 2 is 1.77 bits per heavy atom. The molecule has 4 heterocycles. The Kier molecular flexibility index (Phi) is 6.16. The number of fused-ring (bicyclic) bond motifs is 2. The van der Waals surface area contributed by atoms with E-state index in [4.69, 9.17) is 9.47 Å². The number of aryl methyl sites for hydroxylation is 1. The van der Waals surface area contributed by atoms with Crippen molar-refractivity contribution in [2.24, 2.45) is 5.92 Å². The summed E-state index contributed by atoms with van der Waals surface area (Å²) in [6, 6.07) is 3.66. The Bertz CT molecular complexity index is 1030. The number of hydrogen-bond donors (Lipinski definition) is 0. The molecule has 0 amide bonds. The van der Waals surface area contributed by atoms with Gasteiger partial charge in [-0.3, -0.25) is 4.98 Å². The van der Waals surface area contributed by atoms with Crippen LogP contribution in [0.4, 0.5) is 0 Å². The molecule has 2 bridgehead atoms. The second-order valence-electron chi connectivity index (χ2n) is 8.90. The highest BCUT2D eigenvalue weighted by molar-refractivity contribution is 7.89. The van der Waals surface area contributed by atoms with Gasteiger partial charge >= 0.3 is 0 Å². The number of aromatic nitrogens is 3. The van der Waals surface area contributed by atoms with E-state index in [9.17, 15) is 8.42 Å². The molecule has 2 aromatic heterocycles. The molecule has 0 aromatic carbocycles. The molecule has 2 aromatic rings. The van der Waals surface area contributed by atoms with Crippen LogP contribution in [0.1, 0.15) is 50.8 Å². The molecule has 2 aliphatic rings. The zero-order valence-corrected chi connectivity index (χ0v) is 19.3. The highest BCUT2D eigenvalue weighted by atomic mass is 32.2. The standard InChI is InChI=1S/C22H30N4O4S/c1-14(2)12-31(27,28)26-17-7-8-18(26)11-19(10-17)29-21-15(3)22(25-13-24-21)30-20-6-5-9-23-16(20)4/h5-6,9,13-14,17-19H,7-8,10-12H2,1-4H3/t17-,18+,19?. The molecule has 2 saturated heterocycles. The van der Waals surface area contributed by atoms with E-state index in [2.05, 4.69) is 15.0 Å². The van der Waals surface area contributed by atoms with Crippen molar-refractivity contribution in [2.75, 3.05) is 5.75 Å². The van der Waals surface area contributed by atoms with Crippen LogP contribution in [-0.2, 0) is 10.0 Å². The minimum absolute atomic E-state index is 0.00315. The summed E-state index contributed by atoms with van der Waals surface area (Å²) in [5, 5.41) is 0. The van der Waals surface area contributed by atoms with E-state index >= 15 is 0 Å². The molecule has 2 fully saturated rings. The van der Waals surface area contributed by atoms with Crippen molar-refractivity contribution in [3.8, 4) is 17.5 Å². The maximum absolute atomic E-state index is 12.9. The monoisotopic (exact) mass is 446 g/mol. The highest BCUT2D eigenvalue weighted by Gasteiger charge is 2.47. The van der Waals surface area contributed by atoms with Crippen molar-refractivity contribution in [3.05, 3.63) is 35.9 Å². The van der Waals surface area contributed by atoms with Crippen LogP contribution in [0.5, 0.6) is 17.5 Å². The highest BCUT2D eigenvalue weighted by Crippen LogP contribution is 2.40. The van der Waals surface area contributed by atoms with Crippen molar-refractivity contribution < 1.29 is 17.9 Å². The number of hydrogen-bond acceptors (Lipinski definition) is 7. The summed E-state index contributed by atoms with van der Waals surface area (Å²) in [5.74, 6) is 1.86. The topological polar surface area (TPSA) is 94.5 Å². The second-order valence-corrected chi connectivity index (χ2v) is 10.8. The third kappa shape index (κ3) is 4.67. The molecular weight excluding hydrogens is 416 g/mol. The van der Waals surface area contributed by atoms with Gasteiger partial charge in [0.25, 0.3) is 0 Å². The van der Waals surface area contributed by atoms with Gasteiger partial charge < -0.3 is 9.47 Å². The Labute approximate surface area is 184 Å². The molecule has 0 N–H and O–H groups in total. The van der Waals surface area contributed by atoms with Crippen LogP contribution in [-0.4, -0.2) is 51.6 Å². The summed E-state index contributed by atoms with van der Waals surface area (Å²) in [6.45, 7) is 7.63. The predicted octanol–water partition coefficient (Wildman–Crippen LogP) is 3.64. The lowest BCUT2D eigenvalue weighted by Crippen LogP contribution is -2.50. The third-order valence-electron chi connectivity index (χ3n) is 5.92. The molecule has 0 radical (unpaired) electrons. The summed E-state index contributed by atoms with van der Waals surface area (Å²) in [6.07, 6.45) is 6.19. The van der Waals surface area contributed by atoms with Crippen LogP contribution >= 0.6 is 0 Å². The van der Waals surface area contributed by atoms with Crippen LogP contribution in [0.2, 0.25) is 0 Å². The average molecular weight is 447 g/mol. The Morgan fingerprint density at radius 1 is 1.10 bits per heavy atom. The third-order valence-corrected chi connectivity index (χ3v) is 8.25. The Hall–Kier alpha value is -2.26. The number of sulfonamides is 1. The first kappa shape index (κ1) is 22.0. The van der Waals surface area contributed by atoms with E-state index < -0.39 is 10.0 Å². The maximum Gasteiger partial charge on any atom is 0.229 e. The maximum atomic E-state index is 12.9. The van der Waals surface area contributed by atoms with Crippen LogP contribution in [0, 0.1) is 19.8 Å². The number of ether oxygens (including phenoxy) is 2. The summed E-state index contributed by atoms with van der Waals surface area (Å²) < 4.78 is 39.7. The Morgan fingerprint density at radius 3 is 2.42 bits per heavy atom. The van der Waals surface area contributed by atoms with Crippen molar-refractivity contribution in [1.82, 2.24) is 19.3 Å². The first-order valence-electron chi connectivity index (χ1n) is 10.8. The van der Waals surface area contributed by atoms with Gasteiger partial charge in [0.1, 0.15) is 12.4 Å². The number of pyridine rings is 1. The quantitative estimate of drug-likeness (QED) is 0.641. The SMILES string of the molecule is Cc1ncccc1Oc1ncnc(OC2C[C@H]3CC[C@@H](C2)N3S(=O)(=O)CC(C)C)c1C. The van der Waals surface area contributed by atoms with Crippen LogP contribution in [0.25, 0.3) is 0 Å². The van der Waals surface area contributed by atoms with Crippen LogP contribution < -0.4 is 9.47 Å². The Balaban J connectivity index is 1.47. The first-order valence-corrected chi connectivity index (χ1v) is 12.4. The van der Waals surface area contributed by atoms with Crippen molar-refractivity contribution in [2.45, 2.75) is 71.6 Å². The van der Waals surface area contributed by atoms with Gasteiger partial charge in [-0.15, -0.1) is 0 Å². The van der Waals surface area contributed by atoms with Gasteiger partial charge in [-0.05, 0) is 44.7 Å². The molecule has 0 saturated carbocycles. The second kappa shape index (κ2) is 8.70. The van der Waals surface area contributed by atoms with E-state index in [1.807, 2.05) is 39.8 Å². The largest absolute Gasteiger partial charge is 0.474 e. The molecule has 4 rings (SSSR count). The molecule has 0 aliphatic carbocycles. The molecule has 3 atom stereocenters. The van der Waals surface area contributed by atoms with Crippen LogP contribution in [0.15, 0.2) is 24.7 Å². The lowest BCUT2D eigenvalue weighted by Gasteiger charge is -2.38. The van der Waals surface area contributed by atoms with Gasteiger partial charge in [-0.25, -0.2) is 18.4 Å². The summed E-state index contributed by atoms with van der Waals surface area (Å²) in [5.41, 5.74) is 1.49. The zero-order valence-electron chi connectivity index (χ0n) is 18.5. The molecular formula is C22H30N4O4S. The number of nitrogens with zero attached hydrogens (tertiary/aromatic N) is 4. The smallest absolute Gasteiger partial charge is 0.229 e. The van der Waals surface area contributed by atoms with Crippen molar-refractivity contribution in [1.29, 1.82) is 0 Å². The zero-order chi connectivity index (χ0) is 22.2. The molecule has 2 aliphatic heterocycles. The van der Waals surface area contributed by atoms with Crippen molar-refractivity contribution >= 4 is 10.0 Å². The average Bonchev–Trinajstić information content (AvgIpc) is 2.98. The number of piperidine rings is 1. The predicted molar refractivity (Wildman–Crippen MR) is 117 cm³/mol. The van der Waals surface area contributed by atoms with Crippen molar-refractivity contribution in [3.63, 3.8) is 0 Å². The normalized spacial score (nSPS) is 23.8. The lowest BCUT2D eigenvalue weighted by molar-refractivity contribution is 0.0906. The fourth-order valence-corrected chi connectivity index (χ4v) is 6.93. The molecule has 8 nitrogen and oxygen atoms in total. The molecule has 0 spiro atoms. The molecule has 1 unspecified atom stereocenters. The molecule has 168 valence electrons. The minimum Gasteiger partial charge on any atom is -0.474 e. The molecule has 31 heavy (non-hydrogen) atoms. The fourth-order valence-electron chi connectivity index (χ4n) is 4.62. The van der Waals surface area contributed by atoms with Gasteiger partial charge in [0.05, 0.1) is 17.0 Å². The van der Waals surface area contributed by atoms with E-state index in [1.54, 1.807) is 10.5 Å². The van der Waals surface area contributed by atoms with Crippen LogP contribution in [0.3, 0.4) is 0 Å². The summed E-state index contributed by atoms with van der Waals surface area (Å²) in [4.78, 5) is 12.8.